The summed E-state index contributed by atoms with van der Waals surface area (Å²) in [7, 11) is 1.92. The van der Waals surface area contributed by atoms with E-state index >= 15 is 0 Å². The third-order valence-electron chi connectivity index (χ3n) is 4.67. The number of hydrogen-bond acceptors (Lipinski definition) is 4. The van der Waals surface area contributed by atoms with Crippen LogP contribution in [0.15, 0.2) is 60.9 Å². The summed E-state index contributed by atoms with van der Waals surface area (Å²) < 4.78 is 38.7. The van der Waals surface area contributed by atoms with E-state index in [1.54, 1.807) is 18.2 Å². The molecule has 0 aliphatic carbocycles. The summed E-state index contributed by atoms with van der Waals surface area (Å²) in [6.45, 7) is 0.401. The van der Waals surface area contributed by atoms with Crippen LogP contribution in [0.2, 0.25) is 0 Å². The molecule has 1 aliphatic rings. The van der Waals surface area contributed by atoms with Gasteiger partial charge in [0.1, 0.15) is 0 Å². The molecule has 30 heavy (non-hydrogen) atoms. The molecule has 2 aromatic carbocycles. The van der Waals surface area contributed by atoms with Gasteiger partial charge in [0, 0.05) is 38.0 Å². The molecule has 9 heteroatoms. The zero-order chi connectivity index (χ0) is 21.7. The van der Waals surface area contributed by atoms with Crippen LogP contribution < -0.4 is 16.0 Å². The molecule has 1 heterocycles. The number of anilines is 1. The molecule has 158 valence electrons. The molecule has 0 fully saturated rings. The zero-order valence-electron chi connectivity index (χ0n) is 16.2. The summed E-state index contributed by atoms with van der Waals surface area (Å²) in [6, 6.07) is 10.5. The van der Waals surface area contributed by atoms with E-state index in [-0.39, 0.29) is 28.9 Å². The Kier molecular flexibility index (Phi) is 6.29. The van der Waals surface area contributed by atoms with Crippen LogP contribution in [0.5, 0.6) is 0 Å². The van der Waals surface area contributed by atoms with Gasteiger partial charge in [0.15, 0.2) is 0 Å². The summed E-state index contributed by atoms with van der Waals surface area (Å²) in [6.07, 6.45) is -0.0862. The van der Waals surface area contributed by atoms with Crippen molar-refractivity contribution in [3.63, 3.8) is 0 Å². The molecule has 2 amide bonds. The quantitative estimate of drug-likeness (QED) is 0.672. The molecule has 0 bridgehead atoms. The number of amides is 2. The second-order valence-electron chi connectivity index (χ2n) is 6.79. The number of carbonyl (C=O) groups is 2. The van der Waals surface area contributed by atoms with Crippen molar-refractivity contribution in [1.29, 1.82) is 0 Å². The van der Waals surface area contributed by atoms with E-state index in [1.165, 1.54) is 18.2 Å². The van der Waals surface area contributed by atoms with Crippen molar-refractivity contribution >= 4 is 17.5 Å². The zero-order valence-corrected chi connectivity index (χ0v) is 16.2. The molecule has 2 aromatic rings. The third-order valence-corrected chi connectivity index (χ3v) is 4.67. The van der Waals surface area contributed by atoms with Crippen LogP contribution in [0.4, 0.5) is 18.9 Å². The molecule has 1 aliphatic heterocycles. The lowest BCUT2D eigenvalue weighted by Gasteiger charge is -2.21. The van der Waals surface area contributed by atoms with E-state index in [4.69, 9.17) is 0 Å². The Balaban J connectivity index is 1.66. The van der Waals surface area contributed by atoms with Gasteiger partial charge in [-0.15, -0.1) is 0 Å². The highest BCUT2D eigenvalue weighted by molar-refractivity contribution is 6.09. The first-order valence-electron chi connectivity index (χ1n) is 9.26. The van der Waals surface area contributed by atoms with Gasteiger partial charge in [-0.25, -0.2) is 0 Å². The summed E-state index contributed by atoms with van der Waals surface area (Å²) >= 11 is 0. The highest BCUT2D eigenvalue weighted by atomic mass is 19.4. The molecular weight excluding hydrogens is 397 g/mol. The first-order chi connectivity index (χ1) is 14.3. The minimum atomic E-state index is -4.55. The average Bonchev–Trinajstić information content (AvgIpc) is 3.12. The highest BCUT2D eigenvalue weighted by Crippen LogP contribution is 2.29. The first-order valence-corrected chi connectivity index (χ1v) is 9.26. The van der Waals surface area contributed by atoms with Gasteiger partial charge in [-0.2, -0.15) is 13.2 Å². The van der Waals surface area contributed by atoms with Crippen LogP contribution in [-0.4, -0.2) is 36.5 Å². The van der Waals surface area contributed by atoms with Crippen LogP contribution in [0.1, 0.15) is 32.7 Å². The summed E-state index contributed by atoms with van der Waals surface area (Å²) in [5.74, 6) is -1.12. The lowest BCUT2D eigenvalue weighted by Crippen LogP contribution is -2.37. The van der Waals surface area contributed by atoms with Crippen LogP contribution >= 0.6 is 0 Å². The number of para-hydroxylation sites is 1. The van der Waals surface area contributed by atoms with Gasteiger partial charge in [-0.1, -0.05) is 18.2 Å². The van der Waals surface area contributed by atoms with Crippen molar-refractivity contribution in [2.24, 2.45) is 0 Å². The van der Waals surface area contributed by atoms with Gasteiger partial charge >= 0.3 is 6.18 Å². The summed E-state index contributed by atoms with van der Waals surface area (Å²) in [4.78, 5) is 27.0. The predicted octanol–water partition coefficient (Wildman–Crippen LogP) is 3.41. The topological polar surface area (TPSA) is 73.5 Å². The minimum Gasteiger partial charge on any atom is -0.370 e. The van der Waals surface area contributed by atoms with Gasteiger partial charge in [-0.05, 0) is 30.3 Å². The lowest BCUT2D eigenvalue weighted by atomic mass is 10.1. The number of hydrogen-bond donors (Lipinski definition) is 3. The van der Waals surface area contributed by atoms with Crippen molar-refractivity contribution in [3.05, 3.63) is 77.6 Å². The lowest BCUT2D eigenvalue weighted by molar-refractivity contribution is -0.137. The second-order valence-corrected chi connectivity index (χ2v) is 6.79. The molecule has 0 saturated carbocycles. The standard InChI is InChI=1S/C21H21F3N4O2/c1-28-12-11-25-18(28)9-10-26-20(30)16-7-2-3-8-17(16)27-19(29)14-5-4-6-15(13-14)21(22,23)24/h2-8,11-13,18,25H,9-10H2,1H3,(H,26,30)(H,27,29). The number of nitrogens with zero attached hydrogens (tertiary/aromatic N) is 1. The van der Waals surface area contributed by atoms with Crippen molar-refractivity contribution in [2.45, 2.75) is 18.8 Å². The van der Waals surface area contributed by atoms with Crippen LogP contribution in [0.25, 0.3) is 0 Å². The van der Waals surface area contributed by atoms with E-state index in [2.05, 4.69) is 16.0 Å². The molecule has 3 N–H and O–H groups in total. The van der Waals surface area contributed by atoms with Crippen molar-refractivity contribution in [2.75, 3.05) is 18.9 Å². The summed E-state index contributed by atoms with van der Waals surface area (Å²) in [5.41, 5.74) is -0.622. The molecule has 6 nitrogen and oxygen atoms in total. The largest absolute Gasteiger partial charge is 0.416 e. The van der Waals surface area contributed by atoms with Crippen molar-refractivity contribution < 1.29 is 22.8 Å². The maximum absolute atomic E-state index is 12.9. The smallest absolute Gasteiger partial charge is 0.370 e. The molecule has 1 unspecified atom stereocenters. The Morgan fingerprint density at radius 3 is 2.57 bits per heavy atom. The van der Waals surface area contributed by atoms with Gasteiger partial charge in [0.2, 0.25) is 0 Å². The SMILES string of the molecule is CN1C=CNC1CCNC(=O)c1ccccc1NC(=O)c1cccc(C(F)(F)F)c1. The fourth-order valence-corrected chi connectivity index (χ4v) is 3.02. The molecule has 3 rings (SSSR count). The van der Waals surface area contributed by atoms with Crippen LogP contribution in [0.3, 0.4) is 0 Å². The molecule has 0 aromatic heterocycles. The van der Waals surface area contributed by atoms with Crippen molar-refractivity contribution in [3.8, 4) is 0 Å². The van der Waals surface area contributed by atoms with Crippen LogP contribution in [0, 0.1) is 0 Å². The average molecular weight is 418 g/mol. The van der Waals surface area contributed by atoms with E-state index in [0.29, 0.717) is 13.0 Å². The van der Waals surface area contributed by atoms with E-state index in [1.807, 2.05) is 24.3 Å². The Hall–Kier alpha value is -3.49. The van der Waals surface area contributed by atoms with Crippen LogP contribution in [-0.2, 0) is 6.18 Å². The normalized spacial score (nSPS) is 15.6. The number of alkyl halides is 3. The third kappa shape index (κ3) is 5.11. The maximum Gasteiger partial charge on any atom is 0.416 e. The highest BCUT2D eigenvalue weighted by Gasteiger charge is 2.31. The van der Waals surface area contributed by atoms with E-state index in [0.717, 1.165) is 12.1 Å². The number of nitrogens with one attached hydrogen (secondary N) is 3. The van der Waals surface area contributed by atoms with E-state index < -0.39 is 17.6 Å². The van der Waals surface area contributed by atoms with Gasteiger partial charge in [-0.3, -0.25) is 9.59 Å². The molecule has 0 radical (unpaired) electrons. The fraction of sp³-hybridized carbons (Fsp3) is 0.238. The Bertz CT molecular complexity index is 959. The van der Waals surface area contributed by atoms with Gasteiger partial charge in [0.05, 0.1) is 23.0 Å². The molecular formula is C21H21F3N4O2. The van der Waals surface area contributed by atoms with Gasteiger partial charge < -0.3 is 20.9 Å². The number of halogens is 3. The Morgan fingerprint density at radius 2 is 1.87 bits per heavy atom. The molecule has 0 spiro atoms. The monoisotopic (exact) mass is 418 g/mol. The van der Waals surface area contributed by atoms with Gasteiger partial charge in [0.25, 0.3) is 11.8 Å². The maximum atomic E-state index is 12.9. The second kappa shape index (κ2) is 8.89. The number of carbonyl (C=O) groups excluding carboxylic acids is 2. The minimum absolute atomic E-state index is 0.0844. The Morgan fingerprint density at radius 1 is 1.10 bits per heavy atom. The fourth-order valence-electron chi connectivity index (χ4n) is 3.02. The number of rotatable bonds is 6. The molecule has 1 atom stereocenters. The number of benzene rings is 2. The summed E-state index contributed by atoms with van der Waals surface area (Å²) in [5, 5.41) is 8.47. The van der Waals surface area contributed by atoms with E-state index in [9.17, 15) is 22.8 Å². The molecule has 0 saturated heterocycles. The first kappa shape index (κ1) is 21.2. The predicted molar refractivity (Wildman–Crippen MR) is 107 cm³/mol. The Labute approximate surface area is 171 Å². The van der Waals surface area contributed by atoms with Crippen molar-refractivity contribution in [1.82, 2.24) is 15.5 Å².